The Balaban J connectivity index is 2.06. The molecule has 0 amide bonds. The van der Waals surface area contributed by atoms with Gasteiger partial charge in [0, 0.05) is 12.0 Å². The standard InChI is InChI=1S/C12H12BrNO/c1-8-2-3-10-9(6-8)4-5-12(10)7-11(13)14-15-12/h2-3,6H,4-5,7H2,1H3/t12-/m0/s1. The SMILES string of the molecule is Cc1ccc2c(c1)CC[C@]21CC(Br)=NO1. The lowest BCUT2D eigenvalue weighted by Crippen LogP contribution is -2.21. The van der Waals surface area contributed by atoms with Crippen LogP contribution >= 0.6 is 15.9 Å². The fraction of sp³-hybridized carbons (Fsp3) is 0.417. The summed E-state index contributed by atoms with van der Waals surface area (Å²) in [5.74, 6) is 0. The first kappa shape index (κ1) is 9.40. The lowest BCUT2D eigenvalue weighted by atomic mass is 9.93. The van der Waals surface area contributed by atoms with Crippen LogP contribution in [0.5, 0.6) is 0 Å². The summed E-state index contributed by atoms with van der Waals surface area (Å²) < 4.78 is 0.927. The van der Waals surface area contributed by atoms with Gasteiger partial charge in [-0.3, -0.25) is 0 Å². The van der Waals surface area contributed by atoms with Crippen molar-refractivity contribution in [3.05, 3.63) is 34.9 Å². The van der Waals surface area contributed by atoms with Gasteiger partial charge in [-0.2, -0.15) is 0 Å². The van der Waals surface area contributed by atoms with Gasteiger partial charge in [0.05, 0.1) is 0 Å². The highest BCUT2D eigenvalue weighted by Crippen LogP contribution is 2.46. The van der Waals surface area contributed by atoms with Gasteiger partial charge in [0.1, 0.15) is 4.62 Å². The summed E-state index contributed by atoms with van der Waals surface area (Å²) in [6.07, 6.45) is 3.03. The third-order valence-corrected chi connectivity index (χ3v) is 3.73. The van der Waals surface area contributed by atoms with Crippen LogP contribution in [0, 0.1) is 6.92 Å². The first-order valence-electron chi connectivity index (χ1n) is 5.20. The van der Waals surface area contributed by atoms with E-state index in [1.165, 1.54) is 16.7 Å². The van der Waals surface area contributed by atoms with E-state index in [0.29, 0.717) is 0 Å². The van der Waals surface area contributed by atoms with E-state index in [-0.39, 0.29) is 5.60 Å². The molecule has 0 fully saturated rings. The summed E-state index contributed by atoms with van der Waals surface area (Å²) in [5, 5.41) is 4.03. The Bertz CT molecular complexity index is 455. The van der Waals surface area contributed by atoms with Crippen LogP contribution in [0.2, 0.25) is 0 Å². The molecular formula is C12H12BrNO. The Kier molecular flexibility index (Phi) is 1.93. The number of benzene rings is 1. The fourth-order valence-corrected chi connectivity index (χ4v) is 3.09. The first-order valence-corrected chi connectivity index (χ1v) is 5.99. The maximum Gasteiger partial charge on any atom is 0.169 e. The van der Waals surface area contributed by atoms with E-state index in [9.17, 15) is 0 Å². The highest BCUT2D eigenvalue weighted by atomic mass is 79.9. The van der Waals surface area contributed by atoms with Gasteiger partial charge in [-0.05, 0) is 41.3 Å². The molecule has 1 aliphatic carbocycles. The van der Waals surface area contributed by atoms with Crippen molar-refractivity contribution in [1.29, 1.82) is 0 Å². The van der Waals surface area contributed by atoms with E-state index in [4.69, 9.17) is 4.84 Å². The first-order chi connectivity index (χ1) is 7.20. The number of aryl methyl sites for hydroxylation is 2. The van der Waals surface area contributed by atoms with Crippen molar-refractivity contribution in [3.8, 4) is 0 Å². The normalized spacial score (nSPS) is 27.7. The highest BCUT2D eigenvalue weighted by molar-refractivity contribution is 9.18. The van der Waals surface area contributed by atoms with E-state index >= 15 is 0 Å². The van der Waals surface area contributed by atoms with Crippen LogP contribution in [-0.2, 0) is 16.9 Å². The molecule has 0 aromatic heterocycles. The highest BCUT2D eigenvalue weighted by Gasteiger charge is 2.45. The van der Waals surface area contributed by atoms with Crippen molar-refractivity contribution in [1.82, 2.24) is 0 Å². The molecule has 2 nitrogen and oxygen atoms in total. The molecule has 0 N–H and O–H groups in total. The van der Waals surface area contributed by atoms with Crippen LogP contribution in [0.1, 0.15) is 29.5 Å². The van der Waals surface area contributed by atoms with Gasteiger partial charge >= 0.3 is 0 Å². The van der Waals surface area contributed by atoms with Gasteiger partial charge in [0.15, 0.2) is 5.60 Å². The van der Waals surface area contributed by atoms with E-state index in [2.05, 4.69) is 46.2 Å². The minimum Gasteiger partial charge on any atom is -0.383 e. The number of oxime groups is 1. The van der Waals surface area contributed by atoms with Crippen LogP contribution < -0.4 is 0 Å². The zero-order valence-electron chi connectivity index (χ0n) is 8.59. The van der Waals surface area contributed by atoms with Crippen molar-refractivity contribution < 1.29 is 4.84 Å². The molecule has 0 saturated heterocycles. The lowest BCUT2D eigenvalue weighted by Gasteiger charge is -2.21. The topological polar surface area (TPSA) is 21.6 Å². The quantitative estimate of drug-likeness (QED) is 0.706. The molecule has 1 aromatic rings. The zero-order chi connectivity index (χ0) is 10.5. The van der Waals surface area contributed by atoms with Crippen LogP contribution in [0.25, 0.3) is 0 Å². The summed E-state index contributed by atoms with van der Waals surface area (Å²) in [6, 6.07) is 6.61. The molecule has 78 valence electrons. The van der Waals surface area contributed by atoms with E-state index < -0.39 is 0 Å². The van der Waals surface area contributed by atoms with Crippen molar-refractivity contribution in [2.24, 2.45) is 5.16 Å². The Hall–Kier alpha value is -0.830. The Morgan fingerprint density at radius 2 is 2.33 bits per heavy atom. The third-order valence-electron chi connectivity index (χ3n) is 3.30. The number of hydrogen-bond donors (Lipinski definition) is 0. The van der Waals surface area contributed by atoms with Crippen LogP contribution in [0.4, 0.5) is 0 Å². The minimum atomic E-state index is -0.165. The van der Waals surface area contributed by atoms with E-state index in [1.807, 2.05) is 0 Å². The number of rotatable bonds is 0. The molecule has 0 unspecified atom stereocenters. The van der Waals surface area contributed by atoms with Gasteiger partial charge in [-0.25, -0.2) is 0 Å². The molecule has 0 radical (unpaired) electrons. The molecule has 3 rings (SSSR count). The van der Waals surface area contributed by atoms with Crippen LogP contribution in [0.15, 0.2) is 23.4 Å². The van der Waals surface area contributed by atoms with Crippen LogP contribution in [-0.4, -0.2) is 4.62 Å². The molecule has 1 heterocycles. The lowest BCUT2D eigenvalue weighted by molar-refractivity contribution is -0.0215. The van der Waals surface area contributed by atoms with Crippen LogP contribution in [0.3, 0.4) is 0 Å². The largest absolute Gasteiger partial charge is 0.383 e. The maximum absolute atomic E-state index is 5.62. The molecule has 1 atom stereocenters. The van der Waals surface area contributed by atoms with Crippen molar-refractivity contribution in [3.63, 3.8) is 0 Å². The summed E-state index contributed by atoms with van der Waals surface area (Å²) in [6.45, 7) is 2.13. The molecule has 1 aliphatic heterocycles. The number of nitrogens with zero attached hydrogens (tertiary/aromatic N) is 1. The number of halogens is 1. The van der Waals surface area contributed by atoms with Gasteiger partial charge in [0.25, 0.3) is 0 Å². The predicted molar refractivity (Wildman–Crippen MR) is 63.2 cm³/mol. The predicted octanol–water partition coefficient (Wildman–Crippen LogP) is 3.27. The fourth-order valence-electron chi connectivity index (χ4n) is 2.56. The van der Waals surface area contributed by atoms with Crippen molar-refractivity contribution in [2.75, 3.05) is 0 Å². The number of fused-ring (bicyclic) bond motifs is 2. The zero-order valence-corrected chi connectivity index (χ0v) is 10.2. The molecule has 3 heteroatoms. The maximum atomic E-state index is 5.62. The second kappa shape index (κ2) is 3.08. The summed E-state index contributed by atoms with van der Waals surface area (Å²) >= 11 is 3.41. The van der Waals surface area contributed by atoms with Crippen molar-refractivity contribution >= 4 is 20.6 Å². The summed E-state index contributed by atoms with van der Waals surface area (Å²) in [5.41, 5.74) is 3.91. The van der Waals surface area contributed by atoms with Gasteiger partial charge in [-0.15, -0.1) is 0 Å². The molecule has 15 heavy (non-hydrogen) atoms. The molecule has 0 saturated carbocycles. The summed E-state index contributed by atoms with van der Waals surface area (Å²) in [7, 11) is 0. The van der Waals surface area contributed by atoms with Gasteiger partial charge < -0.3 is 4.84 Å². The average Bonchev–Trinajstić information content (AvgIpc) is 2.73. The smallest absolute Gasteiger partial charge is 0.169 e. The third kappa shape index (κ3) is 1.33. The minimum absolute atomic E-state index is 0.165. The van der Waals surface area contributed by atoms with E-state index in [0.717, 1.165) is 23.9 Å². The van der Waals surface area contributed by atoms with Crippen molar-refractivity contribution in [2.45, 2.75) is 31.8 Å². The molecule has 1 spiro atoms. The molecule has 1 aromatic carbocycles. The summed E-state index contributed by atoms with van der Waals surface area (Å²) in [4.78, 5) is 5.62. The Labute approximate surface area is 97.4 Å². The molecular weight excluding hydrogens is 254 g/mol. The van der Waals surface area contributed by atoms with E-state index in [1.54, 1.807) is 0 Å². The van der Waals surface area contributed by atoms with Gasteiger partial charge in [0.2, 0.25) is 0 Å². The Morgan fingerprint density at radius 3 is 3.07 bits per heavy atom. The van der Waals surface area contributed by atoms with Gasteiger partial charge in [-0.1, -0.05) is 28.9 Å². The Morgan fingerprint density at radius 1 is 1.47 bits per heavy atom. The molecule has 2 aliphatic rings. The number of hydrogen-bond acceptors (Lipinski definition) is 2. The second-order valence-corrected chi connectivity index (χ2v) is 5.31. The average molecular weight is 266 g/mol. The molecule has 0 bridgehead atoms. The monoisotopic (exact) mass is 265 g/mol. The second-order valence-electron chi connectivity index (χ2n) is 4.39.